The molecule has 0 saturated carbocycles. The second kappa shape index (κ2) is 4.99. The molecule has 5 heteroatoms. The van der Waals surface area contributed by atoms with E-state index < -0.39 is 0 Å². The molecule has 0 spiro atoms. The predicted octanol–water partition coefficient (Wildman–Crippen LogP) is 0.915. The van der Waals surface area contributed by atoms with E-state index in [0.29, 0.717) is 17.5 Å². The largest absolute Gasteiger partial charge is 0.344 e. The highest BCUT2D eigenvalue weighted by Gasteiger charge is 2.01. The maximum atomic E-state index is 5.66. The van der Waals surface area contributed by atoms with Gasteiger partial charge in [-0.25, -0.2) is 9.97 Å². The van der Waals surface area contributed by atoms with E-state index in [2.05, 4.69) is 9.97 Å². The fraction of sp³-hybridized carbons (Fsp3) is 0.500. The van der Waals surface area contributed by atoms with Crippen molar-refractivity contribution in [1.29, 1.82) is 0 Å². The van der Waals surface area contributed by atoms with Crippen molar-refractivity contribution in [2.24, 2.45) is 5.73 Å². The van der Waals surface area contributed by atoms with Crippen LogP contribution in [0.3, 0.4) is 0 Å². The third-order valence-electron chi connectivity index (χ3n) is 1.65. The topological polar surface area (TPSA) is 55.0 Å². The highest BCUT2D eigenvalue weighted by molar-refractivity contribution is 6.30. The number of rotatable bonds is 4. The van der Waals surface area contributed by atoms with Gasteiger partial charge >= 0.3 is 0 Å². The fourth-order valence-electron chi connectivity index (χ4n) is 0.931. The molecule has 1 heterocycles. The third kappa shape index (κ3) is 3.16. The Morgan fingerprint density at radius 1 is 1.46 bits per heavy atom. The van der Waals surface area contributed by atoms with Crippen LogP contribution in [0.1, 0.15) is 6.42 Å². The van der Waals surface area contributed by atoms with Gasteiger partial charge in [0, 0.05) is 13.6 Å². The van der Waals surface area contributed by atoms with Gasteiger partial charge in [-0.2, -0.15) is 0 Å². The number of anilines is 1. The van der Waals surface area contributed by atoms with E-state index in [9.17, 15) is 0 Å². The summed E-state index contributed by atoms with van der Waals surface area (Å²) in [4.78, 5) is 10.1. The Bertz CT molecular complexity index is 249. The number of halogens is 1. The number of nitrogens with two attached hydrogens (primary N) is 1. The molecule has 0 aromatic carbocycles. The summed E-state index contributed by atoms with van der Waals surface area (Å²) in [5.41, 5.74) is 5.39. The van der Waals surface area contributed by atoms with Crippen LogP contribution in [0.5, 0.6) is 0 Å². The van der Waals surface area contributed by atoms with Crippen molar-refractivity contribution in [2.45, 2.75) is 6.42 Å². The second-order valence-corrected chi connectivity index (χ2v) is 3.20. The molecule has 0 saturated heterocycles. The highest BCUT2D eigenvalue weighted by Crippen LogP contribution is 2.08. The van der Waals surface area contributed by atoms with Gasteiger partial charge in [-0.15, -0.1) is 0 Å². The lowest BCUT2D eigenvalue weighted by molar-refractivity contribution is 0.775. The summed E-state index contributed by atoms with van der Waals surface area (Å²) in [5.74, 6) is 0.679. The summed E-state index contributed by atoms with van der Waals surface area (Å²) < 4.78 is 0. The molecule has 0 unspecified atom stereocenters. The Balaban J connectivity index is 2.55. The van der Waals surface area contributed by atoms with Gasteiger partial charge in [0.05, 0.1) is 17.4 Å². The lowest BCUT2D eigenvalue weighted by atomic mass is 10.4. The lowest BCUT2D eigenvalue weighted by Gasteiger charge is -2.15. The molecule has 0 bridgehead atoms. The van der Waals surface area contributed by atoms with Crippen molar-refractivity contribution < 1.29 is 0 Å². The Morgan fingerprint density at radius 2 is 2.08 bits per heavy atom. The number of hydrogen-bond acceptors (Lipinski definition) is 4. The SMILES string of the molecule is CN(CCCN)c1ncc(Cl)cn1. The van der Waals surface area contributed by atoms with Crippen molar-refractivity contribution in [3.8, 4) is 0 Å². The minimum Gasteiger partial charge on any atom is -0.344 e. The zero-order valence-electron chi connectivity index (χ0n) is 7.57. The molecule has 1 aromatic rings. The van der Waals surface area contributed by atoms with Gasteiger partial charge < -0.3 is 10.6 Å². The van der Waals surface area contributed by atoms with Gasteiger partial charge in [0.25, 0.3) is 0 Å². The van der Waals surface area contributed by atoms with Gasteiger partial charge in [0.1, 0.15) is 0 Å². The molecule has 0 atom stereocenters. The average molecular weight is 201 g/mol. The first kappa shape index (κ1) is 10.2. The Morgan fingerprint density at radius 3 is 2.62 bits per heavy atom. The van der Waals surface area contributed by atoms with Gasteiger partial charge in [-0.1, -0.05) is 11.6 Å². The smallest absolute Gasteiger partial charge is 0.225 e. The molecular formula is C8H13ClN4. The molecular weight excluding hydrogens is 188 g/mol. The van der Waals surface area contributed by atoms with Crippen LogP contribution in [0.2, 0.25) is 5.02 Å². The molecule has 2 N–H and O–H groups in total. The second-order valence-electron chi connectivity index (χ2n) is 2.77. The number of nitrogens with zero attached hydrogens (tertiary/aromatic N) is 3. The number of hydrogen-bond donors (Lipinski definition) is 1. The fourth-order valence-corrected chi connectivity index (χ4v) is 1.03. The molecule has 0 amide bonds. The standard InChI is InChI=1S/C8H13ClN4/c1-13(4-2-3-10)8-11-5-7(9)6-12-8/h5-6H,2-4,10H2,1H3. The first-order valence-corrected chi connectivity index (χ1v) is 4.50. The zero-order chi connectivity index (χ0) is 9.68. The first-order valence-electron chi connectivity index (χ1n) is 4.13. The van der Waals surface area contributed by atoms with E-state index in [4.69, 9.17) is 17.3 Å². The monoisotopic (exact) mass is 200 g/mol. The van der Waals surface area contributed by atoms with Crippen LogP contribution in [0.4, 0.5) is 5.95 Å². The molecule has 72 valence electrons. The van der Waals surface area contributed by atoms with Crippen LogP contribution >= 0.6 is 11.6 Å². The summed E-state index contributed by atoms with van der Waals surface area (Å²) in [6.07, 6.45) is 4.11. The quantitative estimate of drug-likeness (QED) is 0.785. The average Bonchev–Trinajstić information content (AvgIpc) is 2.15. The lowest BCUT2D eigenvalue weighted by Crippen LogP contribution is -2.22. The van der Waals surface area contributed by atoms with Crippen LogP contribution < -0.4 is 10.6 Å². The van der Waals surface area contributed by atoms with Crippen molar-refractivity contribution in [1.82, 2.24) is 9.97 Å². The van der Waals surface area contributed by atoms with Gasteiger partial charge in [-0.3, -0.25) is 0 Å². The van der Waals surface area contributed by atoms with Crippen LogP contribution in [0.25, 0.3) is 0 Å². The van der Waals surface area contributed by atoms with Crippen molar-refractivity contribution >= 4 is 17.5 Å². The molecule has 0 fully saturated rings. The van der Waals surface area contributed by atoms with Gasteiger partial charge in [0.15, 0.2) is 0 Å². The predicted molar refractivity (Wildman–Crippen MR) is 54.0 cm³/mol. The Labute approximate surface area is 82.7 Å². The molecule has 4 nitrogen and oxygen atoms in total. The molecule has 0 aliphatic rings. The minimum absolute atomic E-state index is 0.552. The summed E-state index contributed by atoms with van der Waals surface area (Å²) in [6, 6.07) is 0. The maximum absolute atomic E-state index is 5.66. The van der Waals surface area contributed by atoms with Crippen molar-refractivity contribution in [3.63, 3.8) is 0 Å². The summed E-state index contributed by atoms with van der Waals surface area (Å²) >= 11 is 5.66. The van der Waals surface area contributed by atoms with E-state index in [0.717, 1.165) is 13.0 Å². The summed E-state index contributed by atoms with van der Waals surface area (Å²) in [7, 11) is 1.93. The van der Waals surface area contributed by atoms with Crippen molar-refractivity contribution in [3.05, 3.63) is 17.4 Å². The van der Waals surface area contributed by atoms with E-state index in [1.807, 2.05) is 11.9 Å². The normalized spacial score (nSPS) is 10.1. The third-order valence-corrected chi connectivity index (χ3v) is 1.84. The number of aromatic nitrogens is 2. The Kier molecular flexibility index (Phi) is 3.92. The van der Waals surface area contributed by atoms with E-state index >= 15 is 0 Å². The Hall–Kier alpha value is -0.870. The van der Waals surface area contributed by atoms with Crippen LogP contribution in [-0.2, 0) is 0 Å². The van der Waals surface area contributed by atoms with Crippen LogP contribution in [0, 0.1) is 0 Å². The molecule has 0 aliphatic heterocycles. The van der Waals surface area contributed by atoms with E-state index in [1.165, 1.54) is 0 Å². The molecule has 1 aromatic heterocycles. The summed E-state index contributed by atoms with van der Waals surface area (Å²) in [6.45, 7) is 1.54. The van der Waals surface area contributed by atoms with Gasteiger partial charge in [-0.05, 0) is 13.0 Å². The van der Waals surface area contributed by atoms with Crippen molar-refractivity contribution in [2.75, 3.05) is 25.0 Å². The van der Waals surface area contributed by atoms with E-state index in [-0.39, 0.29) is 0 Å². The van der Waals surface area contributed by atoms with Crippen LogP contribution in [-0.4, -0.2) is 30.1 Å². The first-order chi connectivity index (χ1) is 6.24. The van der Waals surface area contributed by atoms with Gasteiger partial charge in [0.2, 0.25) is 5.95 Å². The minimum atomic E-state index is 0.552. The zero-order valence-corrected chi connectivity index (χ0v) is 8.33. The molecule has 1 rings (SSSR count). The van der Waals surface area contributed by atoms with E-state index in [1.54, 1.807) is 12.4 Å². The highest BCUT2D eigenvalue weighted by atomic mass is 35.5. The molecule has 13 heavy (non-hydrogen) atoms. The van der Waals surface area contributed by atoms with Crippen LogP contribution in [0.15, 0.2) is 12.4 Å². The molecule has 0 aliphatic carbocycles. The maximum Gasteiger partial charge on any atom is 0.225 e. The summed E-state index contributed by atoms with van der Waals surface area (Å²) in [5, 5.41) is 0.552. The molecule has 0 radical (unpaired) electrons.